The van der Waals surface area contributed by atoms with Crippen LogP contribution >= 0.6 is 23.1 Å². The van der Waals surface area contributed by atoms with Crippen LogP contribution in [0.15, 0.2) is 42.5 Å². The predicted molar refractivity (Wildman–Crippen MR) is 95.5 cm³/mol. The number of carbonyl (C=O) groups excluding carboxylic acids is 1. The zero-order valence-electron chi connectivity index (χ0n) is 12.5. The number of aromatic nitrogens is 1. The maximum absolute atomic E-state index is 13.6. The Bertz CT molecular complexity index is 814. The molecule has 1 N–H and O–H groups in total. The van der Waals surface area contributed by atoms with Crippen molar-refractivity contribution in [1.82, 2.24) is 4.98 Å². The number of thioether (sulfide) groups is 1. The van der Waals surface area contributed by atoms with Crippen molar-refractivity contribution in [2.24, 2.45) is 0 Å². The third kappa shape index (κ3) is 4.09. The molecule has 1 heterocycles. The molecule has 6 heteroatoms. The highest BCUT2D eigenvalue weighted by Gasteiger charge is 2.09. The number of aryl methyl sites for hydroxylation is 1. The van der Waals surface area contributed by atoms with Crippen LogP contribution in [0.2, 0.25) is 0 Å². The normalized spacial score (nSPS) is 10.9. The van der Waals surface area contributed by atoms with E-state index in [9.17, 15) is 9.18 Å². The summed E-state index contributed by atoms with van der Waals surface area (Å²) in [5, 5.41) is 3.60. The average molecular weight is 346 g/mol. The number of halogens is 1. The van der Waals surface area contributed by atoms with Crippen molar-refractivity contribution >= 4 is 44.9 Å². The molecular formula is C17H15FN2OS2. The van der Waals surface area contributed by atoms with Gasteiger partial charge in [-0.15, -0.1) is 23.1 Å². The van der Waals surface area contributed by atoms with Gasteiger partial charge in [-0.25, -0.2) is 9.37 Å². The number of benzene rings is 2. The second kappa shape index (κ2) is 7.10. The van der Waals surface area contributed by atoms with E-state index in [4.69, 9.17) is 0 Å². The number of nitrogens with zero attached hydrogens (tertiary/aromatic N) is 1. The highest BCUT2D eigenvalue weighted by Crippen LogP contribution is 2.25. The lowest BCUT2D eigenvalue weighted by Crippen LogP contribution is -2.15. The van der Waals surface area contributed by atoms with Gasteiger partial charge in [0, 0.05) is 5.75 Å². The molecule has 2 aromatic carbocycles. The first-order valence-corrected chi connectivity index (χ1v) is 9.07. The van der Waals surface area contributed by atoms with Gasteiger partial charge in [0.15, 0.2) is 0 Å². The van der Waals surface area contributed by atoms with E-state index in [-0.39, 0.29) is 17.3 Å². The van der Waals surface area contributed by atoms with E-state index in [1.807, 2.05) is 31.2 Å². The van der Waals surface area contributed by atoms with Gasteiger partial charge in [-0.2, -0.15) is 0 Å². The first-order valence-electron chi connectivity index (χ1n) is 7.10. The summed E-state index contributed by atoms with van der Waals surface area (Å²) in [6.45, 7) is 1.86. The van der Waals surface area contributed by atoms with Crippen molar-refractivity contribution in [3.8, 4) is 0 Å². The third-order valence-corrected chi connectivity index (χ3v) is 5.36. The van der Waals surface area contributed by atoms with Crippen molar-refractivity contribution in [2.75, 3.05) is 11.1 Å². The van der Waals surface area contributed by atoms with Gasteiger partial charge in [-0.1, -0.05) is 18.2 Å². The highest BCUT2D eigenvalue weighted by molar-refractivity contribution is 7.99. The minimum atomic E-state index is -0.417. The van der Waals surface area contributed by atoms with Gasteiger partial charge in [0.1, 0.15) is 10.8 Å². The molecule has 118 valence electrons. The quantitative estimate of drug-likeness (QED) is 0.733. The molecule has 0 spiro atoms. The lowest BCUT2D eigenvalue weighted by atomic mass is 10.2. The summed E-state index contributed by atoms with van der Waals surface area (Å²) in [7, 11) is 0. The first-order chi connectivity index (χ1) is 11.1. The van der Waals surface area contributed by atoms with E-state index < -0.39 is 5.82 Å². The summed E-state index contributed by atoms with van der Waals surface area (Å²) < 4.78 is 14.8. The molecule has 0 aliphatic heterocycles. The molecule has 3 aromatic rings. The number of nitrogens with one attached hydrogen (secondary N) is 1. The number of para-hydroxylation sites is 1. The molecule has 0 radical (unpaired) electrons. The number of anilines is 1. The lowest BCUT2D eigenvalue weighted by molar-refractivity contribution is -0.113. The zero-order valence-corrected chi connectivity index (χ0v) is 14.1. The number of rotatable bonds is 5. The van der Waals surface area contributed by atoms with Crippen LogP contribution in [0.1, 0.15) is 10.6 Å². The Morgan fingerprint density at radius 2 is 2.13 bits per heavy atom. The monoisotopic (exact) mass is 346 g/mol. The lowest BCUT2D eigenvalue weighted by Gasteiger charge is -2.06. The Balaban J connectivity index is 1.53. The molecule has 3 nitrogen and oxygen atoms in total. The topological polar surface area (TPSA) is 42.0 Å². The SMILES string of the molecule is Cc1ccc(F)c(NC(=O)CSCc2nc3ccccc3s2)c1. The Hall–Kier alpha value is -1.92. The van der Waals surface area contributed by atoms with Crippen LogP contribution in [0.25, 0.3) is 10.2 Å². The molecule has 0 aliphatic carbocycles. The maximum atomic E-state index is 13.6. The summed E-state index contributed by atoms with van der Waals surface area (Å²) >= 11 is 3.11. The molecule has 0 saturated carbocycles. The van der Waals surface area contributed by atoms with E-state index in [0.29, 0.717) is 5.75 Å². The van der Waals surface area contributed by atoms with Crippen LogP contribution in [0.4, 0.5) is 10.1 Å². The summed E-state index contributed by atoms with van der Waals surface area (Å²) in [5.41, 5.74) is 2.12. The second-order valence-corrected chi connectivity index (χ2v) is 7.20. The maximum Gasteiger partial charge on any atom is 0.234 e. The molecule has 0 fully saturated rings. The molecule has 0 bridgehead atoms. The van der Waals surface area contributed by atoms with Gasteiger partial charge in [0.25, 0.3) is 0 Å². The summed E-state index contributed by atoms with van der Waals surface area (Å²) in [5.74, 6) is 0.313. The smallest absolute Gasteiger partial charge is 0.234 e. The predicted octanol–water partition coefficient (Wildman–Crippen LogP) is 4.62. The number of carbonyl (C=O) groups is 1. The molecule has 0 aliphatic rings. The van der Waals surface area contributed by atoms with E-state index in [2.05, 4.69) is 10.3 Å². The summed E-state index contributed by atoms with van der Waals surface area (Å²) in [6.07, 6.45) is 0. The molecule has 1 amide bonds. The summed E-state index contributed by atoms with van der Waals surface area (Å²) in [6, 6.07) is 12.6. The minimum Gasteiger partial charge on any atom is -0.323 e. The standard InChI is InChI=1S/C17H15FN2OS2/c1-11-6-7-12(18)14(8-11)19-16(21)9-22-10-17-20-13-4-2-3-5-15(13)23-17/h2-8H,9-10H2,1H3,(H,19,21). The van der Waals surface area contributed by atoms with Crippen LogP contribution in [0.3, 0.4) is 0 Å². The number of fused-ring (bicyclic) bond motifs is 1. The Morgan fingerprint density at radius 1 is 1.30 bits per heavy atom. The number of amides is 1. The van der Waals surface area contributed by atoms with E-state index in [0.717, 1.165) is 20.8 Å². The zero-order chi connectivity index (χ0) is 16.2. The Kier molecular flexibility index (Phi) is 4.93. The minimum absolute atomic E-state index is 0.208. The van der Waals surface area contributed by atoms with Crippen LogP contribution < -0.4 is 5.32 Å². The Labute approximate surface area is 141 Å². The van der Waals surface area contributed by atoms with Gasteiger partial charge in [0.2, 0.25) is 5.91 Å². The molecular weight excluding hydrogens is 331 g/mol. The summed E-state index contributed by atoms with van der Waals surface area (Å²) in [4.78, 5) is 16.4. The second-order valence-electron chi connectivity index (χ2n) is 5.10. The van der Waals surface area contributed by atoms with Crippen molar-refractivity contribution in [3.05, 3.63) is 58.9 Å². The van der Waals surface area contributed by atoms with Gasteiger partial charge < -0.3 is 5.32 Å². The molecule has 3 rings (SSSR count). The highest BCUT2D eigenvalue weighted by atomic mass is 32.2. The van der Waals surface area contributed by atoms with E-state index in [1.54, 1.807) is 23.5 Å². The fourth-order valence-corrected chi connectivity index (χ4v) is 3.98. The van der Waals surface area contributed by atoms with Crippen molar-refractivity contribution in [2.45, 2.75) is 12.7 Å². The number of hydrogen-bond donors (Lipinski definition) is 1. The van der Waals surface area contributed by atoms with Crippen molar-refractivity contribution in [1.29, 1.82) is 0 Å². The fraction of sp³-hybridized carbons (Fsp3) is 0.176. The van der Waals surface area contributed by atoms with Crippen LogP contribution in [-0.4, -0.2) is 16.6 Å². The molecule has 0 saturated heterocycles. The molecule has 1 aromatic heterocycles. The number of thiazole rings is 1. The first kappa shape index (κ1) is 16.0. The van der Waals surface area contributed by atoms with Crippen LogP contribution in [0, 0.1) is 12.7 Å². The van der Waals surface area contributed by atoms with Gasteiger partial charge in [0.05, 0.1) is 21.7 Å². The van der Waals surface area contributed by atoms with E-state index >= 15 is 0 Å². The number of hydrogen-bond acceptors (Lipinski definition) is 4. The van der Waals surface area contributed by atoms with E-state index in [1.165, 1.54) is 17.8 Å². The largest absolute Gasteiger partial charge is 0.323 e. The van der Waals surface area contributed by atoms with Crippen molar-refractivity contribution < 1.29 is 9.18 Å². The molecule has 0 unspecified atom stereocenters. The van der Waals surface area contributed by atoms with Crippen LogP contribution in [0.5, 0.6) is 0 Å². The van der Waals surface area contributed by atoms with Crippen LogP contribution in [-0.2, 0) is 10.5 Å². The van der Waals surface area contributed by atoms with Crippen molar-refractivity contribution in [3.63, 3.8) is 0 Å². The Morgan fingerprint density at radius 3 is 2.96 bits per heavy atom. The van der Waals surface area contributed by atoms with Gasteiger partial charge in [-0.05, 0) is 36.8 Å². The third-order valence-electron chi connectivity index (χ3n) is 3.19. The average Bonchev–Trinajstić information content (AvgIpc) is 2.93. The molecule has 23 heavy (non-hydrogen) atoms. The van der Waals surface area contributed by atoms with Gasteiger partial charge >= 0.3 is 0 Å². The molecule has 0 atom stereocenters. The fourth-order valence-electron chi connectivity index (χ4n) is 2.13. The van der Waals surface area contributed by atoms with Gasteiger partial charge in [-0.3, -0.25) is 4.79 Å².